The average Bonchev–Trinajstić information content (AvgIpc) is 3.26. The minimum Gasteiger partial charge on any atom is -0.353 e. The second-order valence-electron chi connectivity index (χ2n) is 7.07. The van der Waals surface area contributed by atoms with Gasteiger partial charge in [0.1, 0.15) is 12.2 Å². The van der Waals surface area contributed by atoms with Crippen LogP contribution in [0, 0.1) is 5.92 Å². The normalized spacial score (nSPS) is 20.4. The van der Waals surface area contributed by atoms with Crippen LogP contribution in [0.1, 0.15) is 91.4 Å². The fraction of sp³-hybridized carbons (Fsp3) is 0.895. The van der Waals surface area contributed by atoms with Gasteiger partial charge in [0.2, 0.25) is 0 Å². The van der Waals surface area contributed by atoms with E-state index in [-0.39, 0.29) is 11.6 Å². The van der Waals surface area contributed by atoms with Crippen LogP contribution >= 0.6 is 0 Å². The van der Waals surface area contributed by atoms with E-state index in [1.165, 1.54) is 32.1 Å². The lowest BCUT2D eigenvalue weighted by Crippen LogP contribution is -2.16. The van der Waals surface area contributed by atoms with Crippen molar-refractivity contribution in [3.63, 3.8) is 0 Å². The Balaban J connectivity index is 2.02. The molecule has 0 aromatic rings. The Morgan fingerprint density at radius 3 is 1.86 bits per heavy atom. The minimum atomic E-state index is -0.413. The van der Waals surface area contributed by atoms with Crippen LogP contribution in [0.2, 0.25) is 0 Å². The first kappa shape index (κ1) is 19.3. The molecule has 1 rings (SSSR count). The summed E-state index contributed by atoms with van der Waals surface area (Å²) in [6.45, 7) is 6.54. The molecule has 0 N–H and O–H groups in total. The van der Waals surface area contributed by atoms with E-state index in [1.807, 2.05) is 0 Å². The van der Waals surface area contributed by atoms with E-state index in [2.05, 4.69) is 20.8 Å². The van der Waals surface area contributed by atoms with Crippen molar-refractivity contribution in [2.24, 2.45) is 5.92 Å². The first-order valence-corrected chi connectivity index (χ1v) is 9.27. The highest BCUT2D eigenvalue weighted by atomic mass is 16.6. The molecule has 0 bridgehead atoms. The molecule has 0 spiro atoms. The minimum absolute atomic E-state index is 0.124. The van der Waals surface area contributed by atoms with Gasteiger partial charge in [0, 0.05) is 12.8 Å². The molecule has 0 radical (unpaired) electrons. The molecule has 0 aromatic heterocycles. The van der Waals surface area contributed by atoms with Crippen molar-refractivity contribution in [1.82, 2.24) is 0 Å². The summed E-state index contributed by atoms with van der Waals surface area (Å²) < 4.78 is 5.31. The third kappa shape index (κ3) is 8.07. The number of hydrogen-bond acceptors (Lipinski definition) is 3. The van der Waals surface area contributed by atoms with Crippen LogP contribution in [0.5, 0.6) is 0 Å². The van der Waals surface area contributed by atoms with Gasteiger partial charge in [0.25, 0.3) is 0 Å². The summed E-state index contributed by atoms with van der Waals surface area (Å²) in [6, 6.07) is 0. The number of Topliss-reactive ketones (excluding diaryl/α,β-unsaturated/α-hetero) is 2. The lowest BCUT2D eigenvalue weighted by Gasteiger charge is -2.02. The standard InChI is InChI=1S/C19H34O3/c1-4-5-6-7-8-9-10-13-16(20)18-19(22-18)17(21)14-11-12-15(2)3/h15,18-19H,4-14H2,1-3H3/t18-,19+/m0/s1. The van der Waals surface area contributed by atoms with Gasteiger partial charge in [-0.15, -0.1) is 0 Å². The topological polar surface area (TPSA) is 46.7 Å². The fourth-order valence-corrected chi connectivity index (χ4v) is 2.83. The summed E-state index contributed by atoms with van der Waals surface area (Å²) in [7, 11) is 0. The van der Waals surface area contributed by atoms with Gasteiger partial charge in [-0.1, -0.05) is 65.7 Å². The summed E-state index contributed by atoms with van der Waals surface area (Å²) >= 11 is 0. The van der Waals surface area contributed by atoms with Gasteiger partial charge in [-0.25, -0.2) is 0 Å². The average molecular weight is 310 g/mol. The number of hydrogen-bond donors (Lipinski definition) is 0. The predicted molar refractivity (Wildman–Crippen MR) is 90.0 cm³/mol. The van der Waals surface area contributed by atoms with Crippen molar-refractivity contribution in [1.29, 1.82) is 0 Å². The molecular formula is C19H34O3. The molecule has 0 amide bonds. The Morgan fingerprint density at radius 1 is 0.818 bits per heavy atom. The summed E-state index contributed by atoms with van der Waals surface area (Å²) in [5.74, 6) is 0.886. The summed E-state index contributed by atoms with van der Waals surface area (Å²) in [5.41, 5.74) is 0. The third-order valence-corrected chi connectivity index (χ3v) is 4.36. The van der Waals surface area contributed by atoms with Crippen LogP contribution < -0.4 is 0 Å². The van der Waals surface area contributed by atoms with Crippen molar-refractivity contribution in [3.05, 3.63) is 0 Å². The molecule has 22 heavy (non-hydrogen) atoms. The Labute approximate surface area is 136 Å². The van der Waals surface area contributed by atoms with Crippen LogP contribution in [0.4, 0.5) is 0 Å². The van der Waals surface area contributed by atoms with E-state index in [0.29, 0.717) is 18.8 Å². The number of ketones is 2. The summed E-state index contributed by atoms with van der Waals surface area (Å²) in [5, 5.41) is 0. The highest BCUT2D eigenvalue weighted by molar-refractivity contribution is 5.96. The van der Waals surface area contributed by atoms with Gasteiger partial charge in [0.05, 0.1) is 0 Å². The van der Waals surface area contributed by atoms with E-state index >= 15 is 0 Å². The van der Waals surface area contributed by atoms with Gasteiger partial charge >= 0.3 is 0 Å². The number of rotatable bonds is 14. The van der Waals surface area contributed by atoms with Gasteiger partial charge in [-0.2, -0.15) is 0 Å². The molecule has 1 aliphatic heterocycles. The van der Waals surface area contributed by atoms with Gasteiger partial charge < -0.3 is 4.74 Å². The monoisotopic (exact) mass is 310 g/mol. The number of epoxide rings is 1. The Kier molecular flexibility index (Phi) is 9.61. The molecule has 0 aliphatic carbocycles. The Hall–Kier alpha value is -0.700. The van der Waals surface area contributed by atoms with E-state index in [0.717, 1.165) is 25.7 Å². The molecule has 1 saturated heterocycles. The van der Waals surface area contributed by atoms with Crippen LogP contribution in [0.3, 0.4) is 0 Å². The van der Waals surface area contributed by atoms with Gasteiger partial charge in [-0.3, -0.25) is 9.59 Å². The second kappa shape index (κ2) is 10.9. The zero-order valence-electron chi connectivity index (χ0n) is 14.7. The highest BCUT2D eigenvalue weighted by Crippen LogP contribution is 2.27. The summed E-state index contributed by atoms with van der Waals surface area (Å²) in [4.78, 5) is 23.9. The van der Waals surface area contributed by atoms with Crippen LogP contribution in [-0.4, -0.2) is 23.8 Å². The quantitative estimate of drug-likeness (QED) is 0.340. The molecule has 0 unspecified atom stereocenters. The van der Waals surface area contributed by atoms with Gasteiger partial charge in [0.15, 0.2) is 11.6 Å². The molecular weight excluding hydrogens is 276 g/mol. The van der Waals surface area contributed by atoms with Crippen molar-refractivity contribution in [2.45, 2.75) is 104 Å². The van der Waals surface area contributed by atoms with Crippen molar-refractivity contribution in [2.75, 3.05) is 0 Å². The SMILES string of the molecule is CCCCCCCCCC(=O)[C@@H]1O[C@@H]1C(=O)CCCC(C)C. The molecule has 128 valence electrons. The molecule has 2 atom stereocenters. The molecule has 1 aliphatic rings. The van der Waals surface area contributed by atoms with Crippen LogP contribution in [-0.2, 0) is 14.3 Å². The zero-order chi connectivity index (χ0) is 16.4. The number of carbonyl (C=O) groups excluding carboxylic acids is 2. The van der Waals surface area contributed by atoms with E-state index in [1.54, 1.807) is 0 Å². The van der Waals surface area contributed by atoms with Crippen molar-refractivity contribution >= 4 is 11.6 Å². The van der Waals surface area contributed by atoms with Crippen molar-refractivity contribution in [3.8, 4) is 0 Å². The van der Waals surface area contributed by atoms with E-state index < -0.39 is 12.2 Å². The number of ether oxygens (including phenoxy) is 1. The zero-order valence-corrected chi connectivity index (χ0v) is 14.7. The maximum atomic E-state index is 12.0. The number of unbranched alkanes of at least 4 members (excludes halogenated alkanes) is 6. The molecule has 3 nitrogen and oxygen atoms in total. The summed E-state index contributed by atoms with van der Waals surface area (Å²) in [6.07, 6.45) is 10.7. The number of carbonyl (C=O) groups is 2. The first-order valence-electron chi connectivity index (χ1n) is 9.27. The molecule has 1 heterocycles. The molecule has 0 saturated carbocycles. The van der Waals surface area contributed by atoms with Crippen molar-refractivity contribution < 1.29 is 14.3 Å². The Bertz CT molecular complexity index is 336. The van der Waals surface area contributed by atoms with E-state index in [4.69, 9.17) is 4.74 Å². The maximum absolute atomic E-state index is 12.0. The maximum Gasteiger partial charge on any atom is 0.164 e. The van der Waals surface area contributed by atoms with Crippen LogP contribution in [0.15, 0.2) is 0 Å². The molecule has 1 fully saturated rings. The lowest BCUT2D eigenvalue weighted by molar-refractivity contribution is -0.122. The largest absolute Gasteiger partial charge is 0.353 e. The second-order valence-corrected chi connectivity index (χ2v) is 7.07. The third-order valence-electron chi connectivity index (χ3n) is 4.36. The lowest BCUT2D eigenvalue weighted by atomic mass is 10.0. The highest BCUT2D eigenvalue weighted by Gasteiger charge is 2.48. The smallest absolute Gasteiger partial charge is 0.164 e. The molecule has 0 aromatic carbocycles. The Morgan fingerprint density at radius 2 is 1.32 bits per heavy atom. The fourth-order valence-electron chi connectivity index (χ4n) is 2.83. The molecule has 3 heteroatoms. The predicted octanol–water partition coefficient (Wildman–Crippen LogP) is 4.86. The van der Waals surface area contributed by atoms with E-state index in [9.17, 15) is 9.59 Å². The van der Waals surface area contributed by atoms with Gasteiger partial charge in [-0.05, 0) is 18.8 Å². The van der Waals surface area contributed by atoms with Crippen LogP contribution in [0.25, 0.3) is 0 Å². The first-order chi connectivity index (χ1) is 10.6.